The van der Waals surface area contributed by atoms with Crippen LogP contribution in [0.5, 0.6) is 0 Å². The Morgan fingerprint density at radius 2 is 2.07 bits per heavy atom. The first-order chi connectivity index (χ1) is 13.1. The molecule has 0 saturated carbocycles. The molecule has 0 fully saturated rings. The molecule has 0 aliphatic carbocycles. The van der Waals surface area contributed by atoms with Gasteiger partial charge in [0.25, 0.3) is 0 Å². The number of rotatable bonds is 2. The highest BCUT2D eigenvalue weighted by Crippen LogP contribution is 2.41. The molecule has 0 saturated heterocycles. The van der Waals surface area contributed by atoms with E-state index in [1.165, 1.54) is 0 Å². The van der Waals surface area contributed by atoms with Crippen LogP contribution >= 0.6 is 22.9 Å². The van der Waals surface area contributed by atoms with E-state index in [0.29, 0.717) is 17.3 Å². The monoisotopic (exact) mass is 394 g/mol. The Morgan fingerprint density at radius 1 is 1.22 bits per heavy atom. The van der Waals surface area contributed by atoms with Gasteiger partial charge >= 0.3 is 0 Å². The summed E-state index contributed by atoms with van der Waals surface area (Å²) < 4.78 is 2.84. The van der Waals surface area contributed by atoms with Crippen LogP contribution in [0.15, 0.2) is 48.5 Å². The Bertz CT molecular complexity index is 1160. The highest BCUT2D eigenvalue weighted by atomic mass is 35.5. The molecule has 1 aliphatic heterocycles. The van der Waals surface area contributed by atoms with Gasteiger partial charge in [-0.25, -0.2) is 4.98 Å². The smallest absolute Gasteiger partial charge is 0.226 e. The average molecular weight is 395 g/mol. The lowest BCUT2D eigenvalue weighted by Crippen LogP contribution is -2.24. The quantitative estimate of drug-likeness (QED) is 0.525. The molecule has 3 heterocycles. The second kappa shape index (κ2) is 6.18. The summed E-state index contributed by atoms with van der Waals surface area (Å²) in [6.07, 6.45) is 0.375. The third-order valence-corrected chi connectivity index (χ3v) is 6.06. The van der Waals surface area contributed by atoms with Gasteiger partial charge in [-0.15, -0.1) is 0 Å². The van der Waals surface area contributed by atoms with Crippen LogP contribution in [0.1, 0.15) is 29.2 Å². The molecule has 2 aromatic carbocycles. The normalized spacial score (nSPS) is 16.4. The minimum absolute atomic E-state index is 0.0327. The van der Waals surface area contributed by atoms with Gasteiger partial charge in [0.05, 0.1) is 15.9 Å². The number of benzene rings is 2. The molecule has 7 heteroatoms. The van der Waals surface area contributed by atoms with Crippen molar-refractivity contribution in [2.24, 2.45) is 0 Å². The predicted molar refractivity (Wildman–Crippen MR) is 108 cm³/mol. The maximum atomic E-state index is 12.5. The maximum Gasteiger partial charge on any atom is 0.226 e. The van der Waals surface area contributed by atoms with Gasteiger partial charge < -0.3 is 5.32 Å². The Morgan fingerprint density at radius 3 is 2.89 bits per heavy atom. The van der Waals surface area contributed by atoms with Gasteiger partial charge in [0.2, 0.25) is 11.0 Å². The van der Waals surface area contributed by atoms with E-state index in [0.717, 1.165) is 32.2 Å². The Kier molecular flexibility index (Phi) is 3.77. The third kappa shape index (κ3) is 2.72. The number of amides is 1. The first kappa shape index (κ1) is 16.5. The standard InChI is InChI=1S/C20H15ClN4OS/c1-11-18-14(12-5-4-6-13(21)9-12)10-17(26)23-19(18)25(24-11)20-22-15-7-2-3-8-16(15)27-20/h2-9,14H,10H2,1H3,(H,23,26)/t14-/m1/s1. The van der Waals surface area contributed by atoms with Crippen LogP contribution in [-0.2, 0) is 4.79 Å². The first-order valence-electron chi connectivity index (χ1n) is 8.61. The third-order valence-electron chi connectivity index (χ3n) is 4.82. The summed E-state index contributed by atoms with van der Waals surface area (Å²) in [7, 11) is 0. The largest absolute Gasteiger partial charge is 0.310 e. The van der Waals surface area contributed by atoms with Crippen molar-refractivity contribution < 1.29 is 4.79 Å². The molecule has 1 aliphatic rings. The van der Waals surface area contributed by atoms with E-state index in [-0.39, 0.29) is 11.8 Å². The number of fused-ring (bicyclic) bond motifs is 2. The molecule has 0 unspecified atom stereocenters. The Hall–Kier alpha value is -2.70. The zero-order valence-electron chi connectivity index (χ0n) is 14.4. The fourth-order valence-electron chi connectivity index (χ4n) is 3.64. The van der Waals surface area contributed by atoms with Gasteiger partial charge in [0, 0.05) is 22.9 Å². The van der Waals surface area contributed by atoms with E-state index < -0.39 is 0 Å². The van der Waals surface area contributed by atoms with Gasteiger partial charge in [-0.2, -0.15) is 9.78 Å². The Balaban J connectivity index is 1.69. The van der Waals surface area contributed by atoms with Crippen molar-refractivity contribution in [3.8, 4) is 5.13 Å². The van der Waals surface area contributed by atoms with Gasteiger partial charge in [0.1, 0.15) is 5.82 Å². The number of carbonyl (C=O) groups excluding carboxylic acids is 1. The lowest BCUT2D eigenvalue weighted by atomic mass is 9.86. The van der Waals surface area contributed by atoms with E-state index in [9.17, 15) is 4.79 Å². The summed E-state index contributed by atoms with van der Waals surface area (Å²) in [5.74, 6) is 0.595. The highest BCUT2D eigenvalue weighted by molar-refractivity contribution is 7.20. The minimum atomic E-state index is -0.0735. The van der Waals surface area contributed by atoms with Crippen LogP contribution in [0.2, 0.25) is 5.02 Å². The van der Waals surface area contributed by atoms with E-state index in [1.807, 2.05) is 55.5 Å². The number of halogens is 1. The summed E-state index contributed by atoms with van der Waals surface area (Å²) in [5, 5.41) is 9.12. The summed E-state index contributed by atoms with van der Waals surface area (Å²) >= 11 is 7.74. The molecule has 0 spiro atoms. The highest BCUT2D eigenvalue weighted by Gasteiger charge is 2.33. The van der Waals surface area contributed by atoms with Crippen molar-refractivity contribution in [3.05, 3.63) is 70.4 Å². The lowest BCUT2D eigenvalue weighted by Gasteiger charge is -2.24. The van der Waals surface area contributed by atoms with E-state index in [4.69, 9.17) is 16.7 Å². The van der Waals surface area contributed by atoms with Gasteiger partial charge in [0.15, 0.2) is 0 Å². The number of para-hydroxylation sites is 1. The number of hydrogen-bond acceptors (Lipinski definition) is 4. The first-order valence-corrected chi connectivity index (χ1v) is 9.80. The van der Waals surface area contributed by atoms with E-state index >= 15 is 0 Å². The fourth-order valence-corrected chi connectivity index (χ4v) is 4.77. The number of hydrogen-bond donors (Lipinski definition) is 1. The molecule has 1 N–H and O–H groups in total. The molecule has 1 amide bonds. The number of nitrogens with zero attached hydrogens (tertiary/aromatic N) is 3. The van der Waals surface area contributed by atoms with Gasteiger partial charge in [-0.05, 0) is 36.8 Å². The van der Waals surface area contributed by atoms with Gasteiger partial charge in [-0.1, -0.05) is 47.2 Å². The fraction of sp³-hybridized carbons (Fsp3) is 0.150. The van der Waals surface area contributed by atoms with E-state index in [1.54, 1.807) is 16.0 Å². The number of anilines is 1. The lowest BCUT2D eigenvalue weighted by molar-refractivity contribution is -0.116. The summed E-state index contributed by atoms with van der Waals surface area (Å²) in [6.45, 7) is 1.97. The van der Waals surface area contributed by atoms with E-state index in [2.05, 4.69) is 10.3 Å². The maximum absolute atomic E-state index is 12.5. The number of thiazole rings is 1. The van der Waals surface area contributed by atoms with Crippen LogP contribution in [0.4, 0.5) is 5.82 Å². The number of aryl methyl sites for hydroxylation is 1. The molecule has 0 radical (unpaired) electrons. The van der Waals surface area contributed by atoms with Crippen molar-refractivity contribution >= 4 is 44.9 Å². The molecule has 5 nitrogen and oxygen atoms in total. The number of nitrogens with one attached hydrogen (secondary N) is 1. The predicted octanol–water partition coefficient (Wildman–Crippen LogP) is 4.92. The second-order valence-electron chi connectivity index (χ2n) is 6.58. The molecule has 5 rings (SSSR count). The molecule has 1 atom stereocenters. The summed E-state index contributed by atoms with van der Waals surface area (Å²) in [6, 6.07) is 15.6. The molecule has 27 heavy (non-hydrogen) atoms. The molecule has 4 aromatic rings. The molecular weight excluding hydrogens is 380 g/mol. The van der Waals surface area contributed by atoms with Crippen molar-refractivity contribution in [1.29, 1.82) is 0 Å². The molecule has 2 aromatic heterocycles. The average Bonchev–Trinajstić information content (AvgIpc) is 3.22. The number of carbonyl (C=O) groups is 1. The SMILES string of the molecule is Cc1nn(-c2nc3ccccc3s2)c2c1[C@@H](c1cccc(Cl)c1)CC(=O)N2. The van der Waals surface area contributed by atoms with Crippen molar-refractivity contribution in [3.63, 3.8) is 0 Å². The van der Waals surface area contributed by atoms with Crippen LogP contribution in [-0.4, -0.2) is 20.7 Å². The van der Waals surface area contributed by atoms with Crippen LogP contribution < -0.4 is 5.32 Å². The van der Waals surface area contributed by atoms with Crippen molar-refractivity contribution in [2.75, 3.05) is 5.32 Å². The topological polar surface area (TPSA) is 59.8 Å². The van der Waals surface area contributed by atoms with Crippen LogP contribution in [0.25, 0.3) is 15.3 Å². The molecule has 134 valence electrons. The number of aromatic nitrogens is 3. The Labute approximate surface area is 164 Å². The summed E-state index contributed by atoms with van der Waals surface area (Å²) in [4.78, 5) is 17.1. The molecular formula is C20H15ClN4OS. The van der Waals surface area contributed by atoms with Crippen LogP contribution in [0, 0.1) is 6.92 Å². The minimum Gasteiger partial charge on any atom is -0.310 e. The van der Waals surface area contributed by atoms with Gasteiger partial charge in [-0.3, -0.25) is 4.79 Å². The zero-order chi connectivity index (χ0) is 18.5. The van der Waals surface area contributed by atoms with Crippen molar-refractivity contribution in [1.82, 2.24) is 14.8 Å². The second-order valence-corrected chi connectivity index (χ2v) is 8.03. The van der Waals surface area contributed by atoms with Crippen LogP contribution in [0.3, 0.4) is 0 Å². The summed E-state index contributed by atoms with van der Waals surface area (Å²) in [5.41, 5.74) is 3.85. The zero-order valence-corrected chi connectivity index (χ0v) is 16.0. The van der Waals surface area contributed by atoms with Crippen molar-refractivity contribution in [2.45, 2.75) is 19.3 Å². The molecule has 0 bridgehead atoms.